The van der Waals surface area contributed by atoms with Crippen molar-refractivity contribution in [1.82, 2.24) is 9.80 Å². The normalized spacial score (nSPS) is 11.7. The highest BCUT2D eigenvalue weighted by Crippen LogP contribution is 2.06. The van der Waals surface area contributed by atoms with Gasteiger partial charge in [-0.3, -0.25) is 0 Å². The zero-order chi connectivity index (χ0) is 15.8. The van der Waals surface area contributed by atoms with Crippen LogP contribution >= 0.6 is 11.6 Å². The fourth-order valence-electron chi connectivity index (χ4n) is 2.78. The molecule has 0 unspecified atom stereocenters. The fraction of sp³-hybridized carbons (Fsp3) is 1.00. The van der Waals surface area contributed by atoms with E-state index in [4.69, 9.17) is 11.6 Å². The maximum atomic E-state index is 5.71. The molecular weight excluding hydrogens is 280 g/mol. The van der Waals surface area contributed by atoms with Crippen LogP contribution in [0.15, 0.2) is 0 Å². The Morgan fingerprint density at radius 3 is 1.29 bits per heavy atom. The maximum absolute atomic E-state index is 5.71. The molecule has 0 bridgehead atoms. The van der Waals surface area contributed by atoms with E-state index in [9.17, 15) is 0 Å². The molecule has 0 spiro atoms. The Morgan fingerprint density at radius 1 is 0.524 bits per heavy atom. The minimum Gasteiger partial charge on any atom is -0.304 e. The Balaban J connectivity index is 3.42. The third-order valence-electron chi connectivity index (χ3n) is 4.40. The molecular formula is C18H39ClN2. The summed E-state index contributed by atoms with van der Waals surface area (Å²) in [6, 6.07) is 0. The highest BCUT2D eigenvalue weighted by Gasteiger charge is 2.02. The minimum absolute atomic E-state index is 0.824. The second-order valence-electron chi connectivity index (χ2n) is 5.98. The number of alkyl halides is 1. The quantitative estimate of drug-likeness (QED) is 0.291. The van der Waals surface area contributed by atoms with Crippen LogP contribution in [-0.2, 0) is 0 Å². The molecule has 0 aliphatic carbocycles. The lowest BCUT2D eigenvalue weighted by Gasteiger charge is -2.20. The third-order valence-corrected chi connectivity index (χ3v) is 4.67. The number of halogens is 1. The molecule has 0 fully saturated rings. The van der Waals surface area contributed by atoms with E-state index in [1.807, 2.05) is 0 Å². The van der Waals surface area contributed by atoms with Crippen LogP contribution in [0.25, 0.3) is 0 Å². The van der Waals surface area contributed by atoms with Gasteiger partial charge in [0.1, 0.15) is 0 Å². The second kappa shape index (κ2) is 16.6. The molecule has 0 radical (unpaired) electrons. The van der Waals surface area contributed by atoms with Crippen molar-refractivity contribution in [2.24, 2.45) is 0 Å². The van der Waals surface area contributed by atoms with Crippen molar-refractivity contribution in [3.05, 3.63) is 0 Å². The number of hydrogen-bond acceptors (Lipinski definition) is 2. The van der Waals surface area contributed by atoms with Crippen molar-refractivity contribution in [2.45, 2.75) is 72.1 Å². The van der Waals surface area contributed by atoms with Gasteiger partial charge in [0.25, 0.3) is 0 Å². The molecule has 0 aromatic heterocycles. The fourth-order valence-corrected chi connectivity index (χ4v) is 2.96. The van der Waals surface area contributed by atoms with Crippen molar-refractivity contribution in [3.63, 3.8) is 0 Å². The monoisotopic (exact) mass is 318 g/mol. The largest absolute Gasteiger partial charge is 0.304 e. The Morgan fingerprint density at radius 2 is 0.905 bits per heavy atom. The van der Waals surface area contributed by atoms with Crippen LogP contribution < -0.4 is 0 Å². The molecule has 3 heteroatoms. The molecule has 0 amide bonds. The van der Waals surface area contributed by atoms with Crippen molar-refractivity contribution >= 4 is 11.6 Å². The summed E-state index contributed by atoms with van der Waals surface area (Å²) in [5, 5.41) is 0. The molecule has 128 valence electrons. The first-order chi connectivity index (χ1) is 10.3. The Hall–Kier alpha value is 0.210. The Kier molecular flexibility index (Phi) is 16.7. The van der Waals surface area contributed by atoms with Gasteiger partial charge in [-0.25, -0.2) is 0 Å². The second-order valence-corrected chi connectivity index (χ2v) is 6.36. The molecule has 2 nitrogen and oxygen atoms in total. The van der Waals surface area contributed by atoms with Crippen LogP contribution in [0, 0.1) is 0 Å². The first-order valence-electron chi connectivity index (χ1n) is 9.29. The molecule has 0 N–H and O–H groups in total. The van der Waals surface area contributed by atoms with Gasteiger partial charge in [0, 0.05) is 5.88 Å². The zero-order valence-electron chi connectivity index (χ0n) is 14.9. The summed E-state index contributed by atoms with van der Waals surface area (Å²) < 4.78 is 0. The van der Waals surface area contributed by atoms with Gasteiger partial charge < -0.3 is 9.80 Å². The van der Waals surface area contributed by atoms with E-state index in [-0.39, 0.29) is 0 Å². The summed E-state index contributed by atoms with van der Waals surface area (Å²) in [5.74, 6) is 0.824. The molecule has 0 saturated heterocycles. The summed E-state index contributed by atoms with van der Waals surface area (Å²) in [6.07, 6.45) is 10.7. The van der Waals surface area contributed by atoms with Crippen LogP contribution in [0.3, 0.4) is 0 Å². The van der Waals surface area contributed by atoms with Crippen LogP contribution in [0.1, 0.15) is 72.1 Å². The number of nitrogens with zero attached hydrogens (tertiary/aromatic N) is 2. The van der Waals surface area contributed by atoms with E-state index in [1.54, 1.807) is 0 Å². The van der Waals surface area contributed by atoms with Crippen LogP contribution in [0.2, 0.25) is 0 Å². The summed E-state index contributed by atoms with van der Waals surface area (Å²) in [6.45, 7) is 14.3. The van der Waals surface area contributed by atoms with E-state index in [2.05, 4.69) is 30.6 Å². The van der Waals surface area contributed by atoms with Gasteiger partial charge in [0.15, 0.2) is 0 Å². The van der Waals surface area contributed by atoms with E-state index in [0.29, 0.717) is 0 Å². The molecule has 0 aromatic carbocycles. The van der Waals surface area contributed by atoms with Crippen LogP contribution in [0.5, 0.6) is 0 Å². The van der Waals surface area contributed by atoms with E-state index >= 15 is 0 Å². The first kappa shape index (κ1) is 21.2. The van der Waals surface area contributed by atoms with Crippen molar-refractivity contribution in [2.75, 3.05) is 45.1 Å². The molecule has 0 aromatic rings. The van der Waals surface area contributed by atoms with Gasteiger partial charge in [0.05, 0.1) is 0 Å². The lowest BCUT2D eigenvalue weighted by atomic mass is 10.1. The summed E-state index contributed by atoms with van der Waals surface area (Å²) >= 11 is 5.71. The summed E-state index contributed by atoms with van der Waals surface area (Å²) in [7, 11) is 0. The predicted molar refractivity (Wildman–Crippen MR) is 97.6 cm³/mol. The van der Waals surface area contributed by atoms with Crippen molar-refractivity contribution in [1.29, 1.82) is 0 Å². The van der Waals surface area contributed by atoms with Crippen molar-refractivity contribution < 1.29 is 0 Å². The minimum atomic E-state index is 0.824. The Labute approximate surface area is 139 Å². The summed E-state index contributed by atoms with van der Waals surface area (Å²) in [5.41, 5.74) is 0. The lowest BCUT2D eigenvalue weighted by molar-refractivity contribution is 0.268. The van der Waals surface area contributed by atoms with E-state index in [1.165, 1.54) is 90.6 Å². The van der Waals surface area contributed by atoms with E-state index < -0.39 is 0 Å². The SMILES string of the molecule is CCN(CC)CCCCCCN(CC)CCCCCCCl. The van der Waals surface area contributed by atoms with Gasteiger partial charge in [-0.1, -0.05) is 46.5 Å². The number of rotatable bonds is 16. The maximum Gasteiger partial charge on any atom is 0.0223 e. The van der Waals surface area contributed by atoms with Gasteiger partial charge in [-0.2, -0.15) is 0 Å². The van der Waals surface area contributed by atoms with Gasteiger partial charge >= 0.3 is 0 Å². The third kappa shape index (κ3) is 13.6. The number of hydrogen-bond donors (Lipinski definition) is 0. The highest BCUT2D eigenvalue weighted by atomic mass is 35.5. The Bertz CT molecular complexity index is 196. The summed E-state index contributed by atoms with van der Waals surface area (Å²) in [4.78, 5) is 5.14. The molecule has 0 rings (SSSR count). The average Bonchev–Trinajstić information content (AvgIpc) is 2.52. The molecule has 0 heterocycles. The molecule has 0 atom stereocenters. The van der Waals surface area contributed by atoms with Crippen LogP contribution in [0.4, 0.5) is 0 Å². The van der Waals surface area contributed by atoms with Gasteiger partial charge in [0.2, 0.25) is 0 Å². The molecule has 0 aliphatic heterocycles. The van der Waals surface area contributed by atoms with Gasteiger partial charge in [-0.15, -0.1) is 11.6 Å². The highest BCUT2D eigenvalue weighted by molar-refractivity contribution is 6.17. The average molecular weight is 319 g/mol. The topological polar surface area (TPSA) is 6.48 Å². The van der Waals surface area contributed by atoms with Crippen molar-refractivity contribution in [3.8, 4) is 0 Å². The smallest absolute Gasteiger partial charge is 0.0223 e. The lowest BCUT2D eigenvalue weighted by Crippen LogP contribution is -2.26. The molecule has 21 heavy (non-hydrogen) atoms. The van der Waals surface area contributed by atoms with Gasteiger partial charge in [-0.05, 0) is 65.0 Å². The predicted octanol–water partition coefficient (Wildman–Crippen LogP) is 5.01. The van der Waals surface area contributed by atoms with E-state index in [0.717, 1.165) is 5.88 Å². The standard InChI is InChI=1S/C18H39ClN2/c1-4-20(5-2)16-12-9-10-14-18-21(6-3)17-13-8-7-11-15-19/h4-18H2,1-3H3. The molecule has 0 saturated carbocycles. The van der Waals surface area contributed by atoms with Crippen LogP contribution in [-0.4, -0.2) is 54.9 Å². The number of unbranched alkanes of at least 4 members (excludes halogenated alkanes) is 6. The first-order valence-corrected chi connectivity index (χ1v) is 9.82. The zero-order valence-corrected chi connectivity index (χ0v) is 15.6. The molecule has 0 aliphatic rings.